The van der Waals surface area contributed by atoms with Crippen molar-refractivity contribution in [3.63, 3.8) is 0 Å². The lowest BCUT2D eigenvalue weighted by Crippen LogP contribution is -1.73. The third-order valence-electron chi connectivity index (χ3n) is 1.31. The van der Waals surface area contributed by atoms with Crippen LogP contribution in [0.25, 0.3) is 6.08 Å². The molecule has 0 heteroatoms. The molecule has 0 saturated carbocycles. The van der Waals surface area contributed by atoms with E-state index in [-0.39, 0.29) is 0 Å². The van der Waals surface area contributed by atoms with Crippen molar-refractivity contribution in [2.75, 3.05) is 0 Å². The minimum atomic E-state index is 0.908. The molecule has 60 valence electrons. The molecule has 1 aromatic rings. The summed E-state index contributed by atoms with van der Waals surface area (Å²) < 4.78 is 0. The minimum Gasteiger partial charge on any atom is -0.115 e. The zero-order chi connectivity index (χ0) is 9.40. The molecule has 12 heavy (non-hydrogen) atoms. The van der Waals surface area contributed by atoms with Gasteiger partial charge in [-0.05, 0) is 17.7 Å². The molecule has 0 atom stereocenters. The van der Waals surface area contributed by atoms with E-state index in [2.05, 4.69) is 25.7 Å². The van der Waals surface area contributed by atoms with E-state index in [9.17, 15) is 0 Å². The number of benzene rings is 1. The van der Waals surface area contributed by atoms with Crippen LogP contribution in [0.15, 0.2) is 44.0 Å². The van der Waals surface area contributed by atoms with Crippen LogP contribution < -0.4 is 0 Å². The Balaban J connectivity index is 0.000000561. The maximum atomic E-state index is 5.17. The predicted molar refractivity (Wildman–Crippen MR) is 55.7 cm³/mol. The first-order chi connectivity index (χ1) is 5.86. The average Bonchev–Trinajstić information content (AvgIpc) is 2.21. The Morgan fingerprint density at radius 2 is 1.67 bits per heavy atom. The highest BCUT2D eigenvalue weighted by Gasteiger charge is 1.84. The van der Waals surface area contributed by atoms with Gasteiger partial charge in [-0.15, -0.1) is 19.6 Å². The third kappa shape index (κ3) is 2.90. The second-order valence-corrected chi connectivity index (χ2v) is 1.97. The molecule has 0 radical (unpaired) electrons. The molecule has 0 amide bonds. The van der Waals surface area contributed by atoms with Crippen LogP contribution in [-0.4, -0.2) is 0 Å². The van der Waals surface area contributed by atoms with Crippen molar-refractivity contribution in [1.29, 1.82) is 0 Å². The quantitative estimate of drug-likeness (QED) is 0.433. The SMILES string of the molecule is C#Cc1ccc(C=C)cc1.C=C. The Labute approximate surface area is 74.2 Å². The second kappa shape index (κ2) is 6.00. The summed E-state index contributed by atoms with van der Waals surface area (Å²) in [6.45, 7) is 9.63. The van der Waals surface area contributed by atoms with Gasteiger partial charge in [-0.3, -0.25) is 0 Å². The van der Waals surface area contributed by atoms with Gasteiger partial charge in [0.05, 0.1) is 0 Å². The van der Waals surface area contributed by atoms with Gasteiger partial charge >= 0.3 is 0 Å². The van der Waals surface area contributed by atoms with Crippen LogP contribution in [0.3, 0.4) is 0 Å². The van der Waals surface area contributed by atoms with Gasteiger partial charge < -0.3 is 0 Å². The van der Waals surface area contributed by atoms with Gasteiger partial charge in [-0.25, -0.2) is 0 Å². The number of hydrogen-bond acceptors (Lipinski definition) is 0. The first kappa shape index (κ1) is 10.3. The zero-order valence-electron chi connectivity index (χ0n) is 7.09. The standard InChI is InChI=1S/C10H8.C2H4/c1-3-9-5-7-10(4-2)8-6-9;1-2/h1,4-8H,2H2;1-2H2. The summed E-state index contributed by atoms with van der Waals surface area (Å²) in [4.78, 5) is 0. The number of rotatable bonds is 1. The summed E-state index contributed by atoms with van der Waals surface area (Å²) in [5, 5.41) is 0. The van der Waals surface area contributed by atoms with Crippen molar-refractivity contribution in [3.8, 4) is 12.3 Å². The monoisotopic (exact) mass is 156 g/mol. The predicted octanol–water partition coefficient (Wildman–Crippen LogP) is 3.11. The molecule has 1 rings (SSSR count). The van der Waals surface area contributed by atoms with Crippen LogP contribution in [0.5, 0.6) is 0 Å². The number of hydrogen-bond donors (Lipinski definition) is 0. The van der Waals surface area contributed by atoms with E-state index < -0.39 is 0 Å². The number of terminal acetylenes is 1. The first-order valence-corrected chi connectivity index (χ1v) is 3.56. The lowest BCUT2D eigenvalue weighted by molar-refractivity contribution is 1.62. The Bertz CT molecular complexity index is 272. The molecule has 0 unspecified atom stereocenters. The van der Waals surface area contributed by atoms with Gasteiger partial charge in [-0.1, -0.05) is 30.7 Å². The zero-order valence-corrected chi connectivity index (χ0v) is 7.09. The average molecular weight is 156 g/mol. The van der Waals surface area contributed by atoms with Crippen LogP contribution in [0, 0.1) is 12.3 Å². The first-order valence-electron chi connectivity index (χ1n) is 3.56. The van der Waals surface area contributed by atoms with Crippen molar-refractivity contribution >= 4 is 6.08 Å². The van der Waals surface area contributed by atoms with E-state index in [0.717, 1.165) is 11.1 Å². The summed E-state index contributed by atoms with van der Waals surface area (Å²) in [5.74, 6) is 2.54. The lowest BCUT2D eigenvalue weighted by Gasteiger charge is -1.91. The van der Waals surface area contributed by atoms with Gasteiger partial charge in [-0.2, -0.15) is 0 Å². The molecule has 0 aromatic heterocycles. The maximum absolute atomic E-state index is 5.17. The fraction of sp³-hybridized carbons (Fsp3) is 0. The van der Waals surface area contributed by atoms with Crippen molar-refractivity contribution in [1.82, 2.24) is 0 Å². The van der Waals surface area contributed by atoms with Crippen LogP contribution in [0.4, 0.5) is 0 Å². The summed E-state index contributed by atoms with van der Waals surface area (Å²) in [5.41, 5.74) is 2.00. The fourth-order valence-corrected chi connectivity index (χ4v) is 0.715. The van der Waals surface area contributed by atoms with Crippen molar-refractivity contribution in [2.24, 2.45) is 0 Å². The Kier molecular flexibility index (Phi) is 5.13. The highest BCUT2D eigenvalue weighted by molar-refractivity contribution is 5.49. The molecule has 0 fully saturated rings. The highest BCUT2D eigenvalue weighted by atomic mass is 13.9. The molecular formula is C12H12. The molecule has 0 bridgehead atoms. The van der Waals surface area contributed by atoms with Crippen LogP contribution >= 0.6 is 0 Å². The van der Waals surface area contributed by atoms with Gasteiger partial charge in [0.25, 0.3) is 0 Å². The summed E-state index contributed by atoms with van der Waals surface area (Å²) in [7, 11) is 0. The normalized spacial score (nSPS) is 7.25. The van der Waals surface area contributed by atoms with Crippen molar-refractivity contribution < 1.29 is 0 Å². The molecule has 1 aromatic carbocycles. The topological polar surface area (TPSA) is 0 Å². The van der Waals surface area contributed by atoms with Crippen LogP contribution in [0.2, 0.25) is 0 Å². The van der Waals surface area contributed by atoms with E-state index in [1.807, 2.05) is 24.3 Å². The van der Waals surface area contributed by atoms with E-state index >= 15 is 0 Å². The van der Waals surface area contributed by atoms with Crippen LogP contribution in [-0.2, 0) is 0 Å². The van der Waals surface area contributed by atoms with Crippen LogP contribution in [0.1, 0.15) is 11.1 Å². The fourth-order valence-electron chi connectivity index (χ4n) is 0.715. The molecule has 0 heterocycles. The molecule has 0 aliphatic heterocycles. The van der Waals surface area contributed by atoms with Gasteiger partial charge in [0.1, 0.15) is 0 Å². The van der Waals surface area contributed by atoms with Gasteiger partial charge in [0.2, 0.25) is 0 Å². The second-order valence-electron chi connectivity index (χ2n) is 1.97. The highest BCUT2D eigenvalue weighted by Crippen LogP contribution is 2.03. The minimum absolute atomic E-state index is 0.908. The molecule has 0 N–H and O–H groups in total. The van der Waals surface area contributed by atoms with E-state index in [4.69, 9.17) is 6.42 Å². The molecule has 0 aliphatic carbocycles. The van der Waals surface area contributed by atoms with Crippen molar-refractivity contribution in [2.45, 2.75) is 0 Å². The van der Waals surface area contributed by atoms with Crippen molar-refractivity contribution in [3.05, 3.63) is 55.1 Å². The largest absolute Gasteiger partial charge is 0.115 e. The van der Waals surface area contributed by atoms with E-state index in [1.165, 1.54) is 0 Å². The maximum Gasteiger partial charge on any atom is 0.0243 e. The Hall–Kier alpha value is -1.74. The molecular weight excluding hydrogens is 144 g/mol. The van der Waals surface area contributed by atoms with E-state index in [0.29, 0.717) is 0 Å². The third-order valence-corrected chi connectivity index (χ3v) is 1.31. The summed E-state index contributed by atoms with van der Waals surface area (Å²) >= 11 is 0. The van der Waals surface area contributed by atoms with Gasteiger partial charge in [0.15, 0.2) is 0 Å². The molecule has 0 nitrogen and oxygen atoms in total. The molecule has 0 aliphatic rings. The van der Waals surface area contributed by atoms with Gasteiger partial charge in [0, 0.05) is 5.56 Å². The smallest absolute Gasteiger partial charge is 0.0243 e. The Morgan fingerprint density at radius 3 is 2.00 bits per heavy atom. The molecule has 0 spiro atoms. The van der Waals surface area contributed by atoms with E-state index in [1.54, 1.807) is 6.08 Å². The summed E-state index contributed by atoms with van der Waals surface area (Å²) in [6.07, 6.45) is 6.96. The summed E-state index contributed by atoms with van der Waals surface area (Å²) in [6, 6.07) is 7.69. The lowest BCUT2D eigenvalue weighted by atomic mass is 10.1. The Morgan fingerprint density at radius 1 is 1.17 bits per heavy atom. The molecule has 0 saturated heterocycles.